The van der Waals surface area contributed by atoms with Gasteiger partial charge in [-0.1, -0.05) is 6.07 Å². The summed E-state index contributed by atoms with van der Waals surface area (Å²) < 4.78 is 12.1. The number of hydrogen-bond donors (Lipinski definition) is 4. The molecule has 0 spiro atoms. The van der Waals surface area contributed by atoms with Gasteiger partial charge in [0.25, 0.3) is 0 Å². The number of nitrogens with zero attached hydrogens (tertiary/aromatic N) is 2. The maximum atomic E-state index is 9.17. The van der Waals surface area contributed by atoms with Gasteiger partial charge in [-0.05, 0) is 24.3 Å². The Morgan fingerprint density at radius 1 is 0.647 bits per heavy atom. The SMILES string of the molecule is C[N+](C)(C)c1ccc(OCC(O)CO)cc1.C[N+](C)(C)c1cccc(OCC(O)CO)c1.[Br-].[Br-]. The zero-order chi connectivity index (χ0) is 24.4. The normalized spacial score (nSPS) is 12.8. The quantitative estimate of drug-likeness (QED) is 0.202. The van der Waals surface area contributed by atoms with E-state index in [1.54, 1.807) is 0 Å². The van der Waals surface area contributed by atoms with Gasteiger partial charge >= 0.3 is 0 Å². The molecule has 0 fully saturated rings. The van der Waals surface area contributed by atoms with Crippen LogP contribution in [0.5, 0.6) is 11.5 Å². The number of aliphatic hydroxyl groups is 4. The fourth-order valence-electron chi connectivity index (χ4n) is 2.47. The van der Waals surface area contributed by atoms with E-state index < -0.39 is 12.2 Å². The van der Waals surface area contributed by atoms with Gasteiger partial charge in [-0.25, -0.2) is 0 Å². The van der Waals surface area contributed by atoms with Gasteiger partial charge in [-0.3, -0.25) is 8.97 Å². The lowest BCUT2D eigenvalue weighted by Gasteiger charge is -2.23. The number of rotatable bonds is 10. The van der Waals surface area contributed by atoms with Crippen molar-refractivity contribution in [3.05, 3.63) is 48.5 Å². The monoisotopic (exact) mass is 610 g/mol. The van der Waals surface area contributed by atoms with Crippen LogP contribution >= 0.6 is 0 Å². The third kappa shape index (κ3) is 13.6. The molecule has 196 valence electrons. The molecule has 0 saturated carbocycles. The summed E-state index contributed by atoms with van der Waals surface area (Å²) >= 11 is 0. The van der Waals surface area contributed by atoms with Crippen molar-refractivity contribution in [2.75, 3.05) is 68.7 Å². The van der Waals surface area contributed by atoms with E-state index in [1.807, 2.05) is 48.5 Å². The van der Waals surface area contributed by atoms with Gasteiger partial charge in [-0.15, -0.1) is 0 Å². The zero-order valence-electron chi connectivity index (χ0n) is 20.9. The van der Waals surface area contributed by atoms with Crippen molar-refractivity contribution >= 4 is 11.4 Å². The van der Waals surface area contributed by atoms with E-state index in [-0.39, 0.29) is 60.4 Å². The minimum Gasteiger partial charge on any atom is -1.00 e. The predicted octanol–water partition coefficient (Wildman–Crippen LogP) is -4.76. The fourth-order valence-corrected chi connectivity index (χ4v) is 2.47. The second-order valence-corrected chi connectivity index (χ2v) is 9.31. The van der Waals surface area contributed by atoms with Crippen molar-refractivity contribution in [2.45, 2.75) is 12.2 Å². The molecule has 2 aromatic carbocycles. The fraction of sp³-hybridized carbons (Fsp3) is 0.500. The van der Waals surface area contributed by atoms with Crippen molar-refractivity contribution < 1.29 is 63.9 Å². The summed E-state index contributed by atoms with van der Waals surface area (Å²) in [7, 11) is 12.5. The van der Waals surface area contributed by atoms with Crippen LogP contribution in [0.15, 0.2) is 48.5 Å². The highest BCUT2D eigenvalue weighted by molar-refractivity contribution is 5.46. The van der Waals surface area contributed by atoms with E-state index in [1.165, 1.54) is 5.69 Å². The lowest BCUT2D eigenvalue weighted by Crippen LogP contribution is -3.00. The maximum absolute atomic E-state index is 9.17. The first-order valence-electron chi connectivity index (χ1n) is 10.5. The van der Waals surface area contributed by atoms with Crippen molar-refractivity contribution in [3.63, 3.8) is 0 Å². The summed E-state index contributed by atoms with van der Waals surface area (Å²) in [5, 5.41) is 35.6. The molecule has 0 aliphatic rings. The van der Waals surface area contributed by atoms with Crippen molar-refractivity contribution in [1.82, 2.24) is 8.97 Å². The molecular formula is C24H40Br2N2O6. The minimum atomic E-state index is -0.826. The van der Waals surface area contributed by atoms with Crippen LogP contribution in [0.3, 0.4) is 0 Å². The molecule has 10 heteroatoms. The van der Waals surface area contributed by atoms with Crippen molar-refractivity contribution in [1.29, 1.82) is 0 Å². The summed E-state index contributed by atoms with van der Waals surface area (Å²) in [5.41, 5.74) is 2.30. The Bertz CT molecular complexity index is 795. The molecule has 0 aromatic heterocycles. The average molecular weight is 612 g/mol. The largest absolute Gasteiger partial charge is 1.00 e. The summed E-state index contributed by atoms with van der Waals surface area (Å²) in [4.78, 5) is 0. The van der Waals surface area contributed by atoms with Crippen LogP contribution in [0, 0.1) is 0 Å². The van der Waals surface area contributed by atoms with Crippen molar-refractivity contribution in [3.8, 4) is 11.5 Å². The van der Waals surface area contributed by atoms with E-state index in [0.29, 0.717) is 16.0 Å². The summed E-state index contributed by atoms with van der Waals surface area (Å²) in [6, 6.07) is 15.4. The molecule has 34 heavy (non-hydrogen) atoms. The smallest absolute Gasteiger partial charge is 0.135 e. The molecule has 0 aliphatic carbocycles. The Morgan fingerprint density at radius 2 is 1.09 bits per heavy atom. The number of quaternary nitrogens is 2. The lowest BCUT2D eigenvalue weighted by molar-refractivity contribution is -0.00100. The third-order valence-electron chi connectivity index (χ3n) is 4.51. The topological polar surface area (TPSA) is 99.4 Å². The molecule has 8 nitrogen and oxygen atoms in total. The Hall–Kier alpha value is -1.24. The van der Waals surface area contributed by atoms with Gasteiger partial charge < -0.3 is 63.9 Å². The molecule has 0 aliphatic heterocycles. The highest BCUT2D eigenvalue weighted by Crippen LogP contribution is 2.23. The highest BCUT2D eigenvalue weighted by Gasteiger charge is 2.13. The van der Waals surface area contributed by atoms with Crippen LogP contribution in [-0.4, -0.2) is 101 Å². The Morgan fingerprint density at radius 3 is 1.50 bits per heavy atom. The first kappa shape index (κ1) is 34.9. The van der Waals surface area contributed by atoms with E-state index in [0.717, 1.165) is 10.2 Å². The molecule has 0 bridgehead atoms. The van der Waals surface area contributed by atoms with Crippen LogP contribution in [0.1, 0.15) is 0 Å². The van der Waals surface area contributed by atoms with Gasteiger partial charge in [0, 0.05) is 18.2 Å². The molecular weight excluding hydrogens is 572 g/mol. The highest BCUT2D eigenvalue weighted by atomic mass is 79.9. The molecule has 2 atom stereocenters. The van der Waals surface area contributed by atoms with Gasteiger partial charge in [0.05, 0.1) is 55.5 Å². The predicted molar refractivity (Wildman–Crippen MR) is 129 cm³/mol. The van der Waals surface area contributed by atoms with E-state index in [9.17, 15) is 0 Å². The number of ether oxygens (including phenoxy) is 2. The van der Waals surface area contributed by atoms with Crippen molar-refractivity contribution in [2.24, 2.45) is 0 Å². The van der Waals surface area contributed by atoms with E-state index in [2.05, 4.69) is 42.3 Å². The van der Waals surface area contributed by atoms with Crippen LogP contribution in [0.4, 0.5) is 11.4 Å². The Balaban J connectivity index is 0. The Kier molecular flexibility index (Phi) is 16.9. The number of aliphatic hydroxyl groups excluding tert-OH is 4. The van der Waals surface area contributed by atoms with Gasteiger partial charge in [0.2, 0.25) is 0 Å². The molecule has 2 aromatic rings. The zero-order valence-corrected chi connectivity index (χ0v) is 24.0. The van der Waals surface area contributed by atoms with Gasteiger partial charge in [0.15, 0.2) is 0 Å². The molecule has 2 rings (SSSR count). The number of benzene rings is 2. The van der Waals surface area contributed by atoms with Gasteiger partial charge in [-0.2, -0.15) is 0 Å². The minimum absolute atomic E-state index is 0. The average Bonchev–Trinajstić information content (AvgIpc) is 2.75. The molecule has 0 amide bonds. The third-order valence-corrected chi connectivity index (χ3v) is 4.51. The molecule has 2 unspecified atom stereocenters. The number of halogens is 2. The molecule has 0 radical (unpaired) electrons. The molecule has 4 N–H and O–H groups in total. The second-order valence-electron chi connectivity index (χ2n) is 9.31. The summed E-state index contributed by atoms with van der Waals surface area (Å²) in [6.07, 6.45) is -1.65. The standard InChI is InChI=1S/2C12H20NO3.2BrH/c1-13(2,3)10-4-6-12(7-5-10)16-9-11(15)8-14;1-13(2,3)10-5-4-6-12(7-10)16-9-11(15)8-14;;/h2*4-7,11,14-15H,8-9H2,1-3H3;2*1H/q2*+1;;/p-2. The van der Waals surface area contributed by atoms with Crippen LogP contribution in [0.25, 0.3) is 0 Å². The lowest BCUT2D eigenvalue weighted by atomic mass is 10.2. The molecule has 0 saturated heterocycles. The first-order chi connectivity index (χ1) is 14.9. The summed E-state index contributed by atoms with van der Waals surface area (Å²) in [5.74, 6) is 1.41. The van der Waals surface area contributed by atoms with E-state index in [4.69, 9.17) is 29.9 Å². The Labute approximate surface area is 224 Å². The van der Waals surface area contributed by atoms with Gasteiger partial charge in [0.1, 0.15) is 48.3 Å². The van der Waals surface area contributed by atoms with Crippen LogP contribution < -0.4 is 52.4 Å². The molecule has 0 heterocycles. The second kappa shape index (κ2) is 16.4. The summed E-state index contributed by atoms with van der Waals surface area (Å²) in [6.45, 7) is -0.344. The number of hydrogen-bond acceptors (Lipinski definition) is 6. The first-order valence-corrected chi connectivity index (χ1v) is 10.5. The van der Waals surface area contributed by atoms with Crippen LogP contribution in [-0.2, 0) is 0 Å². The maximum Gasteiger partial charge on any atom is 0.135 e. The van der Waals surface area contributed by atoms with E-state index >= 15 is 0 Å². The van der Waals surface area contributed by atoms with Crippen LogP contribution in [0.2, 0.25) is 0 Å².